The molecule has 0 radical (unpaired) electrons. The molecule has 5 heteroatoms. The van der Waals surface area contributed by atoms with Gasteiger partial charge in [-0.1, -0.05) is 60.7 Å². The van der Waals surface area contributed by atoms with E-state index in [4.69, 9.17) is 10.1 Å². The monoisotopic (exact) mass is 342 g/mol. The normalized spacial score (nSPS) is 10.8. The second kappa shape index (κ2) is 7.29. The molecule has 0 bridgehead atoms. The molecule has 4 rings (SSSR count). The Morgan fingerprint density at radius 1 is 0.923 bits per heavy atom. The first-order valence-electron chi connectivity index (χ1n) is 8.46. The van der Waals surface area contributed by atoms with Gasteiger partial charge in [0.2, 0.25) is 0 Å². The maximum atomic E-state index is 9.12. The van der Waals surface area contributed by atoms with Crippen molar-refractivity contribution in [1.29, 1.82) is 0 Å². The van der Waals surface area contributed by atoms with Crippen LogP contribution in [0.15, 0.2) is 84.2 Å². The van der Waals surface area contributed by atoms with Crippen LogP contribution in [0.5, 0.6) is 0 Å². The summed E-state index contributed by atoms with van der Waals surface area (Å²) in [5.41, 5.74) is 5.24. The molecule has 0 fully saturated rings. The van der Waals surface area contributed by atoms with Gasteiger partial charge in [0, 0.05) is 17.7 Å². The molecule has 0 atom stereocenters. The Bertz CT molecular complexity index is 998. The van der Waals surface area contributed by atoms with Gasteiger partial charge >= 0.3 is 0 Å². The van der Waals surface area contributed by atoms with Crippen LogP contribution < -0.4 is 0 Å². The Morgan fingerprint density at radius 3 is 2.19 bits per heavy atom. The second-order valence-electron chi connectivity index (χ2n) is 5.89. The lowest BCUT2D eigenvalue weighted by molar-refractivity contribution is 0.277. The third-order valence-electron chi connectivity index (χ3n) is 4.12. The van der Waals surface area contributed by atoms with E-state index in [1.807, 2.05) is 71.3 Å². The molecular weight excluding hydrogens is 324 g/mol. The van der Waals surface area contributed by atoms with Gasteiger partial charge in [-0.15, -0.1) is 0 Å². The van der Waals surface area contributed by atoms with Crippen molar-refractivity contribution >= 4 is 22.6 Å². The number of aliphatic imine (C=N–C) groups is 1. The molecule has 0 amide bonds. The molecule has 0 saturated carbocycles. The molecule has 2 aromatic carbocycles. The van der Waals surface area contributed by atoms with Gasteiger partial charge in [-0.2, -0.15) is 0 Å². The fourth-order valence-electron chi connectivity index (χ4n) is 2.89. The van der Waals surface area contributed by atoms with Crippen molar-refractivity contribution in [3.05, 3.63) is 90.4 Å². The number of pyridine rings is 1. The SMILES string of the molecule is OCCn1cnc2cc(N=C(c3ccccc3)c3ccccc3)cnc21. The Balaban J connectivity index is 1.81. The summed E-state index contributed by atoms with van der Waals surface area (Å²) in [5.74, 6) is 0. The fourth-order valence-corrected chi connectivity index (χ4v) is 2.89. The van der Waals surface area contributed by atoms with Gasteiger partial charge in [0.25, 0.3) is 0 Å². The van der Waals surface area contributed by atoms with Crippen LogP contribution in [0, 0.1) is 0 Å². The van der Waals surface area contributed by atoms with E-state index < -0.39 is 0 Å². The Kier molecular flexibility index (Phi) is 4.53. The van der Waals surface area contributed by atoms with E-state index in [1.54, 1.807) is 12.5 Å². The van der Waals surface area contributed by atoms with Gasteiger partial charge in [0.1, 0.15) is 5.52 Å². The lowest BCUT2D eigenvalue weighted by atomic mass is 10.0. The minimum absolute atomic E-state index is 0.0548. The zero-order chi connectivity index (χ0) is 17.8. The minimum Gasteiger partial charge on any atom is -0.395 e. The third-order valence-corrected chi connectivity index (χ3v) is 4.12. The summed E-state index contributed by atoms with van der Waals surface area (Å²) >= 11 is 0. The van der Waals surface area contributed by atoms with Gasteiger partial charge < -0.3 is 9.67 Å². The summed E-state index contributed by atoms with van der Waals surface area (Å²) in [5, 5.41) is 9.12. The first-order chi connectivity index (χ1) is 12.8. The molecule has 0 spiro atoms. The van der Waals surface area contributed by atoms with Crippen molar-refractivity contribution in [3.8, 4) is 0 Å². The fraction of sp³-hybridized carbons (Fsp3) is 0.0952. The molecule has 2 aromatic heterocycles. The van der Waals surface area contributed by atoms with Crippen molar-refractivity contribution in [2.45, 2.75) is 6.54 Å². The molecule has 4 aromatic rings. The first-order valence-corrected chi connectivity index (χ1v) is 8.46. The van der Waals surface area contributed by atoms with Crippen LogP contribution in [0.25, 0.3) is 11.2 Å². The first kappa shape index (κ1) is 16.2. The lowest BCUT2D eigenvalue weighted by Gasteiger charge is -2.07. The number of aliphatic hydroxyl groups is 1. The Morgan fingerprint density at radius 2 is 1.58 bits per heavy atom. The number of nitrogens with zero attached hydrogens (tertiary/aromatic N) is 4. The van der Waals surface area contributed by atoms with E-state index >= 15 is 0 Å². The maximum Gasteiger partial charge on any atom is 0.159 e. The van der Waals surface area contributed by atoms with Crippen LogP contribution in [0.1, 0.15) is 11.1 Å². The standard InChI is InChI=1S/C21H18N4O/c26-12-11-25-15-23-19-13-18(14-22-21(19)25)24-20(16-7-3-1-4-8-16)17-9-5-2-6-10-17/h1-10,13-15,26H,11-12H2. The summed E-state index contributed by atoms with van der Waals surface area (Å²) in [4.78, 5) is 13.7. The predicted molar refractivity (Wildman–Crippen MR) is 103 cm³/mol. The van der Waals surface area contributed by atoms with Crippen LogP contribution in [0.2, 0.25) is 0 Å². The number of hydrogen-bond acceptors (Lipinski definition) is 4. The zero-order valence-corrected chi connectivity index (χ0v) is 14.2. The highest BCUT2D eigenvalue weighted by molar-refractivity contribution is 6.14. The largest absolute Gasteiger partial charge is 0.395 e. The molecular formula is C21H18N4O. The quantitative estimate of drug-likeness (QED) is 0.564. The van der Waals surface area contributed by atoms with Gasteiger partial charge in [-0.05, 0) is 6.07 Å². The summed E-state index contributed by atoms with van der Waals surface area (Å²) < 4.78 is 1.83. The second-order valence-corrected chi connectivity index (χ2v) is 5.89. The highest BCUT2D eigenvalue weighted by Gasteiger charge is 2.09. The van der Waals surface area contributed by atoms with E-state index in [1.165, 1.54) is 0 Å². The lowest BCUT2D eigenvalue weighted by Crippen LogP contribution is -2.03. The number of rotatable bonds is 5. The molecule has 1 N–H and O–H groups in total. The van der Waals surface area contributed by atoms with E-state index in [0.29, 0.717) is 6.54 Å². The summed E-state index contributed by atoms with van der Waals surface area (Å²) in [7, 11) is 0. The molecule has 0 saturated heterocycles. The molecule has 0 aliphatic rings. The Hall–Kier alpha value is -3.31. The number of fused-ring (bicyclic) bond motifs is 1. The van der Waals surface area contributed by atoms with Gasteiger partial charge in [0.15, 0.2) is 5.65 Å². The van der Waals surface area contributed by atoms with Gasteiger partial charge in [-0.3, -0.25) is 0 Å². The maximum absolute atomic E-state index is 9.12. The third kappa shape index (κ3) is 3.25. The highest BCUT2D eigenvalue weighted by Crippen LogP contribution is 2.21. The van der Waals surface area contributed by atoms with Crippen molar-refractivity contribution in [1.82, 2.24) is 14.5 Å². The molecule has 2 heterocycles. The van der Waals surface area contributed by atoms with Crippen LogP contribution in [-0.2, 0) is 6.54 Å². The number of benzene rings is 2. The van der Waals surface area contributed by atoms with Crippen molar-refractivity contribution in [3.63, 3.8) is 0 Å². The highest BCUT2D eigenvalue weighted by atomic mass is 16.3. The smallest absolute Gasteiger partial charge is 0.159 e. The molecule has 26 heavy (non-hydrogen) atoms. The topological polar surface area (TPSA) is 63.3 Å². The number of hydrogen-bond donors (Lipinski definition) is 1. The molecule has 5 nitrogen and oxygen atoms in total. The number of aromatic nitrogens is 3. The van der Waals surface area contributed by atoms with E-state index in [2.05, 4.69) is 9.97 Å². The van der Waals surface area contributed by atoms with Crippen LogP contribution >= 0.6 is 0 Å². The van der Waals surface area contributed by atoms with Crippen molar-refractivity contribution < 1.29 is 5.11 Å². The van der Waals surface area contributed by atoms with E-state index in [-0.39, 0.29) is 6.61 Å². The van der Waals surface area contributed by atoms with Gasteiger partial charge in [-0.25, -0.2) is 15.0 Å². The average Bonchev–Trinajstić information content (AvgIpc) is 3.10. The van der Waals surface area contributed by atoms with E-state index in [9.17, 15) is 0 Å². The molecule has 128 valence electrons. The molecule has 0 aliphatic carbocycles. The average molecular weight is 342 g/mol. The predicted octanol–water partition coefficient (Wildman–Crippen LogP) is 3.59. The number of aliphatic hydroxyl groups excluding tert-OH is 1. The van der Waals surface area contributed by atoms with Crippen molar-refractivity contribution in [2.24, 2.45) is 4.99 Å². The summed E-state index contributed by atoms with van der Waals surface area (Å²) in [6.07, 6.45) is 3.43. The number of imidazole rings is 1. The van der Waals surface area contributed by atoms with Crippen molar-refractivity contribution in [2.75, 3.05) is 6.61 Å². The zero-order valence-electron chi connectivity index (χ0n) is 14.2. The minimum atomic E-state index is 0.0548. The van der Waals surface area contributed by atoms with Crippen LogP contribution in [0.4, 0.5) is 5.69 Å². The molecule has 0 aliphatic heterocycles. The Labute approximate surface area is 151 Å². The molecule has 0 unspecified atom stereocenters. The van der Waals surface area contributed by atoms with Crippen LogP contribution in [-0.4, -0.2) is 32.0 Å². The van der Waals surface area contributed by atoms with E-state index in [0.717, 1.165) is 33.7 Å². The van der Waals surface area contributed by atoms with Gasteiger partial charge in [0.05, 0.1) is 30.5 Å². The summed E-state index contributed by atoms with van der Waals surface area (Å²) in [6.45, 7) is 0.532. The van der Waals surface area contributed by atoms with Crippen LogP contribution in [0.3, 0.4) is 0 Å². The summed E-state index contributed by atoms with van der Waals surface area (Å²) in [6, 6.07) is 22.1.